The number of nitrogens with one attached hydrogen (secondary N) is 1. The number of halogens is 2. The summed E-state index contributed by atoms with van der Waals surface area (Å²) in [4.78, 5) is 12.4. The van der Waals surface area contributed by atoms with Crippen LogP contribution in [0.2, 0.25) is 0 Å². The van der Waals surface area contributed by atoms with Gasteiger partial charge in [-0.05, 0) is 40.7 Å². The lowest BCUT2D eigenvalue weighted by molar-refractivity contribution is -0.115. The zero-order valence-electron chi connectivity index (χ0n) is 14.9. The summed E-state index contributed by atoms with van der Waals surface area (Å²) in [5, 5.41) is 15.6. The maximum absolute atomic E-state index is 12.9. The van der Waals surface area contributed by atoms with Crippen molar-refractivity contribution in [3.8, 4) is 6.07 Å². The number of anilines is 1. The molecule has 6 nitrogen and oxygen atoms in total. The van der Waals surface area contributed by atoms with Gasteiger partial charge in [0.15, 0.2) is 0 Å². The van der Waals surface area contributed by atoms with E-state index in [-0.39, 0.29) is 23.6 Å². The first-order valence-electron chi connectivity index (χ1n) is 7.80. The zero-order chi connectivity index (χ0) is 18.9. The predicted octanol–water partition coefficient (Wildman–Crippen LogP) is 3.50. The summed E-state index contributed by atoms with van der Waals surface area (Å²) in [6.07, 6.45) is 1.60. The van der Waals surface area contributed by atoms with Crippen LogP contribution in [0.4, 0.5) is 14.6 Å². The number of nitriles is 1. The molecule has 25 heavy (non-hydrogen) atoms. The number of aryl methyl sites for hydroxylation is 1. The van der Waals surface area contributed by atoms with Crippen molar-refractivity contribution in [2.75, 3.05) is 5.32 Å². The molecular formula is C17H21F2N5O. The van der Waals surface area contributed by atoms with Gasteiger partial charge < -0.3 is 9.88 Å². The maximum atomic E-state index is 12.9. The van der Waals surface area contributed by atoms with Crippen molar-refractivity contribution >= 4 is 11.7 Å². The molecule has 1 amide bonds. The number of carbonyl (C=O) groups excluding carboxylic acids is 1. The van der Waals surface area contributed by atoms with Crippen LogP contribution < -0.4 is 5.32 Å². The van der Waals surface area contributed by atoms with Crippen molar-refractivity contribution in [2.24, 2.45) is 0 Å². The molecule has 2 rings (SSSR count). The topological polar surface area (TPSA) is 75.6 Å². The minimum atomic E-state index is -2.74. The van der Waals surface area contributed by atoms with Crippen LogP contribution in [0.5, 0.6) is 0 Å². The molecule has 0 fully saturated rings. The Labute approximate surface area is 145 Å². The zero-order valence-corrected chi connectivity index (χ0v) is 14.9. The fourth-order valence-corrected chi connectivity index (χ4v) is 2.67. The van der Waals surface area contributed by atoms with Gasteiger partial charge in [-0.2, -0.15) is 19.1 Å². The molecule has 1 N–H and O–H groups in total. The van der Waals surface area contributed by atoms with E-state index in [0.717, 1.165) is 0 Å². The van der Waals surface area contributed by atoms with Crippen LogP contribution in [0.15, 0.2) is 12.3 Å². The largest absolute Gasteiger partial charge is 0.333 e. The number of amides is 1. The molecule has 0 unspecified atom stereocenters. The molecule has 0 aliphatic heterocycles. The molecule has 0 saturated carbocycles. The Morgan fingerprint density at radius 2 is 2.04 bits per heavy atom. The van der Waals surface area contributed by atoms with Crippen molar-refractivity contribution in [1.82, 2.24) is 14.3 Å². The van der Waals surface area contributed by atoms with Gasteiger partial charge in [-0.25, -0.2) is 4.68 Å². The van der Waals surface area contributed by atoms with Crippen LogP contribution >= 0.6 is 0 Å². The van der Waals surface area contributed by atoms with E-state index in [1.54, 1.807) is 23.8 Å². The third-order valence-electron chi connectivity index (χ3n) is 3.94. The van der Waals surface area contributed by atoms with Crippen LogP contribution in [-0.2, 0) is 16.8 Å². The minimum absolute atomic E-state index is 0.0679. The number of aromatic nitrogens is 3. The number of carbonyl (C=O) groups is 1. The predicted molar refractivity (Wildman–Crippen MR) is 89.4 cm³/mol. The van der Waals surface area contributed by atoms with Gasteiger partial charge in [0.2, 0.25) is 5.91 Å². The van der Waals surface area contributed by atoms with Crippen molar-refractivity contribution in [3.63, 3.8) is 0 Å². The monoisotopic (exact) mass is 349 g/mol. The first-order valence-corrected chi connectivity index (χ1v) is 7.80. The van der Waals surface area contributed by atoms with E-state index >= 15 is 0 Å². The number of alkyl halides is 2. The molecule has 0 radical (unpaired) electrons. The van der Waals surface area contributed by atoms with E-state index in [2.05, 4.69) is 10.4 Å². The Balaban J connectivity index is 2.25. The van der Waals surface area contributed by atoms with Crippen molar-refractivity contribution in [3.05, 3.63) is 34.8 Å². The standard InChI is InChI=1S/C17H21F2N5O/c1-10-13(11(2)24(22-10)16(18)19)7-15(25)21-14-6-12(8-20)9-23(14)17(3,4)5/h6,9,16H,7H2,1-5H3,(H,21,25). The van der Waals surface area contributed by atoms with Crippen LogP contribution in [0, 0.1) is 25.2 Å². The summed E-state index contributed by atoms with van der Waals surface area (Å²) >= 11 is 0. The molecular weight excluding hydrogens is 328 g/mol. The molecule has 2 aromatic rings. The third-order valence-corrected chi connectivity index (χ3v) is 3.94. The number of rotatable bonds is 4. The number of hydrogen-bond acceptors (Lipinski definition) is 3. The van der Waals surface area contributed by atoms with Gasteiger partial charge in [0.1, 0.15) is 11.9 Å². The molecule has 134 valence electrons. The van der Waals surface area contributed by atoms with E-state index < -0.39 is 6.55 Å². The summed E-state index contributed by atoms with van der Waals surface area (Å²) < 4.78 is 28.2. The molecule has 0 aliphatic rings. The van der Waals surface area contributed by atoms with Gasteiger partial charge in [-0.15, -0.1) is 0 Å². The summed E-state index contributed by atoms with van der Waals surface area (Å²) in [7, 11) is 0. The van der Waals surface area contributed by atoms with E-state index in [0.29, 0.717) is 27.3 Å². The Morgan fingerprint density at radius 1 is 1.40 bits per heavy atom. The maximum Gasteiger partial charge on any atom is 0.333 e. The highest BCUT2D eigenvalue weighted by Crippen LogP contribution is 2.25. The van der Waals surface area contributed by atoms with E-state index in [4.69, 9.17) is 5.26 Å². The lowest BCUT2D eigenvalue weighted by Crippen LogP contribution is -2.25. The molecule has 0 spiro atoms. The van der Waals surface area contributed by atoms with Crippen LogP contribution in [0.25, 0.3) is 0 Å². The SMILES string of the molecule is Cc1nn(C(F)F)c(C)c1CC(=O)Nc1cc(C#N)cn1C(C)(C)C. The molecule has 0 aromatic carbocycles. The van der Waals surface area contributed by atoms with E-state index in [1.807, 2.05) is 26.8 Å². The lowest BCUT2D eigenvalue weighted by atomic mass is 10.1. The fraction of sp³-hybridized carbons (Fsp3) is 0.471. The van der Waals surface area contributed by atoms with E-state index in [1.165, 1.54) is 6.92 Å². The Kier molecular flexibility index (Phi) is 4.97. The van der Waals surface area contributed by atoms with Crippen molar-refractivity contribution in [2.45, 2.75) is 53.1 Å². The van der Waals surface area contributed by atoms with Crippen LogP contribution in [0.1, 0.15) is 49.8 Å². The molecule has 0 aliphatic carbocycles. The number of nitrogens with zero attached hydrogens (tertiary/aromatic N) is 4. The molecule has 0 atom stereocenters. The summed E-state index contributed by atoms with van der Waals surface area (Å²) in [5.74, 6) is 0.138. The summed E-state index contributed by atoms with van der Waals surface area (Å²) in [6, 6.07) is 3.64. The third kappa shape index (κ3) is 3.87. The van der Waals surface area contributed by atoms with Gasteiger partial charge in [0.05, 0.1) is 17.7 Å². The van der Waals surface area contributed by atoms with Crippen LogP contribution in [-0.4, -0.2) is 20.3 Å². The Morgan fingerprint density at radius 3 is 2.52 bits per heavy atom. The van der Waals surface area contributed by atoms with Crippen molar-refractivity contribution < 1.29 is 13.6 Å². The molecule has 0 bridgehead atoms. The second kappa shape index (κ2) is 6.67. The minimum Gasteiger partial charge on any atom is -0.328 e. The highest BCUT2D eigenvalue weighted by atomic mass is 19.3. The highest BCUT2D eigenvalue weighted by Gasteiger charge is 2.22. The summed E-state index contributed by atoms with van der Waals surface area (Å²) in [5.41, 5.74) is 1.25. The molecule has 0 saturated heterocycles. The number of hydrogen-bond donors (Lipinski definition) is 1. The van der Waals surface area contributed by atoms with Gasteiger partial charge in [0, 0.05) is 23.0 Å². The van der Waals surface area contributed by atoms with Crippen molar-refractivity contribution in [1.29, 1.82) is 5.26 Å². The second-order valence-electron chi connectivity index (χ2n) is 6.86. The van der Waals surface area contributed by atoms with Gasteiger partial charge in [0.25, 0.3) is 0 Å². The summed E-state index contributed by atoms with van der Waals surface area (Å²) in [6.45, 7) is 6.22. The Hall–Kier alpha value is -2.69. The van der Waals surface area contributed by atoms with Gasteiger partial charge in [-0.1, -0.05) is 0 Å². The second-order valence-corrected chi connectivity index (χ2v) is 6.86. The quantitative estimate of drug-likeness (QED) is 0.918. The van der Waals surface area contributed by atoms with Gasteiger partial charge >= 0.3 is 6.55 Å². The van der Waals surface area contributed by atoms with Gasteiger partial charge in [-0.3, -0.25) is 4.79 Å². The lowest BCUT2D eigenvalue weighted by Gasteiger charge is -2.24. The smallest absolute Gasteiger partial charge is 0.328 e. The van der Waals surface area contributed by atoms with E-state index in [9.17, 15) is 13.6 Å². The highest BCUT2D eigenvalue weighted by molar-refractivity contribution is 5.92. The Bertz CT molecular complexity index is 837. The first-order chi connectivity index (χ1) is 11.5. The average Bonchev–Trinajstić information content (AvgIpc) is 3.03. The normalized spacial score (nSPS) is 11.6. The molecule has 8 heteroatoms. The van der Waals surface area contributed by atoms with Crippen LogP contribution in [0.3, 0.4) is 0 Å². The average molecular weight is 349 g/mol. The first kappa shape index (κ1) is 18.6. The molecule has 2 aromatic heterocycles. The fourth-order valence-electron chi connectivity index (χ4n) is 2.67. The molecule has 2 heterocycles.